The van der Waals surface area contributed by atoms with Crippen molar-refractivity contribution in [3.63, 3.8) is 0 Å². The molecule has 0 unspecified atom stereocenters. The molecule has 0 saturated heterocycles. The Hall–Kier alpha value is -2.77. The highest BCUT2D eigenvalue weighted by Gasteiger charge is 2.20. The number of carbonyl (C=O) groups excluding carboxylic acids is 1. The van der Waals surface area contributed by atoms with Crippen LogP contribution in [0.1, 0.15) is 30.5 Å². The summed E-state index contributed by atoms with van der Waals surface area (Å²) in [6, 6.07) is 14.8. The van der Waals surface area contributed by atoms with Gasteiger partial charge in [0.05, 0.1) is 30.2 Å². The lowest BCUT2D eigenvalue weighted by molar-refractivity contribution is -0.143. The van der Waals surface area contributed by atoms with Crippen LogP contribution >= 0.6 is 0 Å². The van der Waals surface area contributed by atoms with E-state index in [1.807, 2.05) is 68.7 Å². The van der Waals surface area contributed by atoms with Gasteiger partial charge < -0.3 is 4.74 Å². The third-order valence-electron chi connectivity index (χ3n) is 4.49. The van der Waals surface area contributed by atoms with Gasteiger partial charge in [-0.2, -0.15) is 5.10 Å². The molecule has 29 heavy (non-hydrogen) atoms. The van der Waals surface area contributed by atoms with E-state index in [1.54, 1.807) is 17.8 Å². The van der Waals surface area contributed by atoms with Crippen LogP contribution in [0, 0.1) is 6.92 Å². The summed E-state index contributed by atoms with van der Waals surface area (Å²) >= 11 is 0. The molecule has 0 spiro atoms. The minimum atomic E-state index is -1.46. The van der Waals surface area contributed by atoms with Crippen LogP contribution in [0.15, 0.2) is 65.8 Å². The second-order valence-corrected chi connectivity index (χ2v) is 8.03. The minimum Gasteiger partial charge on any atom is -0.466 e. The van der Waals surface area contributed by atoms with E-state index in [0.29, 0.717) is 11.5 Å². The van der Waals surface area contributed by atoms with Gasteiger partial charge in [-0.25, -0.2) is 8.93 Å². The molecule has 0 aliphatic carbocycles. The van der Waals surface area contributed by atoms with Crippen LogP contribution in [0.2, 0.25) is 0 Å². The molecule has 0 fully saturated rings. The zero-order valence-corrected chi connectivity index (χ0v) is 17.6. The van der Waals surface area contributed by atoms with Crippen molar-refractivity contribution in [3.8, 4) is 11.1 Å². The largest absolute Gasteiger partial charge is 0.466 e. The average Bonchev–Trinajstić information content (AvgIpc) is 3.14. The standard InChI is InChI=1S/C22H25N3O3S/c1-4-28-22(26)13-21(24-29(27)20-10-8-16(2)9-11-20)18-7-5-6-17(12-18)19-14-23-25(3)15-19/h5-12,14-15,21,24H,4,13H2,1-3H3/t21-,29+/m0/s1. The molecular weight excluding hydrogens is 386 g/mol. The Labute approximate surface area is 173 Å². The maximum absolute atomic E-state index is 12.9. The first-order valence-corrected chi connectivity index (χ1v) is 10.6. The average molecular weight is 412 g/mol. The Kier molecular flexibility index (Phi) is 6.95. The van der Waals surface area contributed by atoms with E-state index in [2.05, 4.69) is 9.82 Å². The Balaban J connectivity index is 1.87. The number of benzene rings is 2. The van der Waals surface area contributed by atoms with Crippen molar-refractivity contribution < 1.29 is 13.7 Å². The quantitative estimate of drug-likeness (QED) is 0.574. The van der Waals surface area contributed by atoms with Crippen molar-refractivity contribution in [3.05, 3.63) is 72.1 Å². The number of carbonyl (C=O) groups is 1. The topological polar surface area (TPSA) is 73.2 Å². The van der Waals surface area contributed by atoms with E-state index >= 15 is 0 Å². The fraction of sp³-hybridized carbons (Fsp3) is 0.273. The Morgan fingerprint density at radius 2 is 1.97 bits per heavy atom. The lowest BCUT2D eigenvalue weighted by Crippen LogP contribution is -2.26. The molecule has 0 saturated carbocycles. The highest BCUT2D eigenvalue weighted by Crippen LogP contribution is 2.26. The van der Waals surface area contributed by atoms with Crippen molar-refractivity contribution in [1.82, 2.24) is 14.5 Å². The van der Waals surface area contributed by atoms with Gasteiger partial charge in [0, 0.05) is 18.8 Å². The number of aromatic nitrogens is 2. The molecule has 2 atom stereocenters. The molecule has 1 heterocycles. The molecule has 0 aliphatic rings. The van der Waals surface area contributed by atoms with E-state index in [0.717, 1.165) is 22.3 Å². The predicted octanol–water partition coefficient (Wildman–Crippen LogP) is 3.70. The lowest BCUT2D eigenvalue weighted by atomic mass is 10.00. The summed E-state index contributed by atoms with van der Waals surface area (Å²) in [5.41, 5.74) is 3.91. The number of esters is 1. The fourth-order valence-electron chi connectivity index (χ4n) is 2.98. The molecule has 0 aliphatic heterocycles. The van der Waals surface area contributed by atoms with Gasteiger partial charge in [-0.05, 0) is 43.2 Å². The van der Waals surface area contributed by atoms with Crippen molar-refractivity contribution >= 4 is 17.0 Å². The normalized spacial score (nSPS) is 13.1. The van der Waals surface area contributed by atoms with Crippen molar-refractivity contribution in [2.75, 3.05) is 6.61 Å². The van der Waals surface area contributed by atoms with Crippen molar-refractivity contribution in [1.29, 1.82) is 0 Å². The van der Waals surface area contributed by atoms with Gasteiger partial charge in [-0.15, -0.1) is 0 Å². The molecule has 7 heteroatoms. The maximum atomic E-state index is 12.9. The lowest BCUT2D eigenvalue weighted by Gasteiger charge is -2.19. The Morgan fingerprint density at radius 3 is 2.62 bits per heavy atom. The smallest absolute Gasteiger partial charge is 0.307 e. The third kappa shape index (κ3) is 5.62. The molecule has 0 radical (unpaired) electrons. The Morgan fingerprint density at radius 1 is 1.21 bits per heavy atom. The molecular formula is C22H25N3O3S. The van der Waals surface area contributed by atoms with Gasteiger partial charge in [0.25, 0.3) is 0 Å². The van der Waals surface area contributed by atoms with Crippen LogP contribution in [0.25, 0.3) is 11.1 Å². The summed E-state index contributed by atoms with van der Waals surface area (Å²) in [6.07, 6.45) is 3.80. The summed E-state index contributed by atoms with van der Waals surface area (Å²) in [7, 11) is 0.400. The SMILES string of the molecule is CCOC(=O)C[C@H](N[S@](=O)c1ccc(C)cc1)c1cccc(-c2cnn(C)c2)c1. The van der Waals surface area contributed by atoms with Gasteiger partial charge in [-0.3, -0.25) is 9.48 Å². The molecule has 1 N–H and O–H groups in total. The summed E-state index contributed by atoms with van der Waals surface area (Å²) in [5, 5.41) is 4.21. The van der Waals surface area contributed by atoms with Crippen molar-refractivity contribution in [2.45, 2.75) is 31.2 Å². The number of nitrogens with zero attached hydrogens (tertiary/aromatic N) is 2. The first kappa shape index (κ1) is 21.0. The predicted molar refractivity (Wildman–Crippen MR) is 113 cm³/mol. The number of aryl methyl sites for hydroxylation is 2. The van der Waals surface area contributed by atoms with Crippen molar-refractivity contribution in [2.24, 2.45) is 7.05 Å². The zero-order valence-electron chi connectivity index (χ0n) is 16.8. The summed E-state index contributed by atoms with van der Waals surface area (Å²) in [5.74, 6) is -0.335. The first-order valence-electron chi connectivity index (χ1n) is 9.45. The number of nitrogens with one attached hydrogen (secondary N) is 1. The van der Waals surface area contributed by atoms with Crippen LogP contribution in [0.3, 0.4) is 0 Å². The zero-order chi connectivity index (χ0) is 20.8. The van der Waals surface area contributed by atoms with Gasteiger partial charge in [0.15, 0.2) is 0 Å². The molecule has 0 bridgehead atoms. The summed E-state index contributed by atoms with van der Waals surface area (Å²) in [6.45, 7) is 4.06. The van der Waals surface area contributed by atoms with E-state index in [-0.39, 0.29) is 12.4 Å². The van der Waals surface area contributed by atoms with Gasteiger partial charge in [-0.1, -0.05) is 35.9 Å². The highest BCUT2D eigenvalue weighted by atomic mass is 32.2. The number of rotatable bonds is 8. The second-order valence-electron chi connectivity index (χ2n) is 6.79. The van der Waals surface area contributed by atoms with E-state index in [1.165, 1.54) is 0 Å². The Bertz CT molecular complexity index is 999. The van der Waals surface area contributed by atoms with Gasteiger partial charge in [0.1, 0.15) is 11.0 Å². The highest BCUT2D eigenvalue weighted by molar-refractivity contribution is 7.83. The molecule has 3 rings (SSSR count). The van der Waals surface area contributed by atoms with E-state index in [9.17, 15) is 9.00 Å². The maximum Gasteiger partial charge on any atom is 0.307 e. The molecule has 1 aromatic heterocycles. The molecule has 152 valence electrons. The monoisotopic (exact) mass is 411 g/mol. The summed E-state index contributed by atoms with van der Waals surface area (Å²) in [4.78, 5) is 12.8. The third-order valence-corrected chi connectivity index (χ3v) is 5.69. The van der Waals surface area contributed by atoms with Crippen LogP contribution < -0.4 is 4.72 Å². The minimum absolute atomic E-state index is 0.0853. The molecule has 0 amide bonds. The number of ether oxygens (including phenoxy) is 1. The molecule has 3 aromatic rings. The number of hydrogen-bond donors (Lipinski definition) is 1. The molecule has 6 nitrogen and oxygen atoms in total. The van der Waals surface area contributed by atoms with Gasteiger partial charge in [0.2, 0.25) is 0 Å². The van der Waals surface area contributed by atoms with Crippen LogP contribution in [-0.4, -0.2) is 26.6 Å². The van der Waals surface area contributed by atoms with Gasteiger partial charge >= 0.3 is 5.97 Å². The number of hydrogen-bond acceptors (Lipinski definition) is 4. The molecule has 2 aromatic carbocycles. The summed E-state index contributed by atoms with van der Waals surface area (Å²) < 4.78 is 22.8. The van der Waals surface area contributed by atoms with E-state index in [4.69, 9.17) is 4.74 Å². The van der Waals surface area contributed by atoms with Crippen LogP contribution in [-0.2, 0) is 27.6 Å². The van der Waals surface area contributed by atoms with E-state index < -0.39 is 17.0 Å². The second kappa shape index (κ2) is 9.62. The fourth-order valence-corrected chi connectivity index (χ4v) is 3.98. The van der Waals surface area contributed by atoms with Crippen LogP contribution in [0.4, 0.5) is 0 Å². The van der Waals surface area contributed by atoms with Crippen LogP contribution in [0.5, 0.6) is 0 Å². The first-order chi connectivity index (χ1) is 14.0.